The van der Waals surface area contributed by atoms with Crippen molar-refractivity contribution in [2.45, 2.75) is 12.8 Å². The summed E-state index contributed by atoms with van der Waals surface area (Å²) >= 11 is 3.49. The number of carbonyl (C=O) groups is 1. The molecule has 0 aromatic heterocycles. The summed E-state index contributed by atoms with van der Waals surface area (Å²) in [7, 11) is 1.61. The molecule has 0 heterocycles. The fraction of sp³-hybridized carbons (Fsp3) is 0.167. The number of hydrogen-bond acceptors (Lipinski definition) is 2. The Balaban J connectivity index is 1.75. The predicted molar refractivity (Wildman–Crippen MR) is 90.9 cm³/mol. The molecule has 0 spiro atoms. The van der Waals surface area contributed by atoms with Crippen molar-refractivity contribution in [2.24, 2.45) is 0 Å². The summed E-state index contributed by atoms with van der Waals surface area (Å²) < 4.78 is 6.19. The zero-order chi connectivity index (χ0) is 15.5. The third kappa shape index (κ3) is 3.22. The zero-order valence-electron chi connectivity index (χ0n) is 12.2. The van der Waals surface area contributed by atoms with Crippen molar-refractivity contribution in [3.05, 3.63) is 69.3 Å². The van der Waals surface area contributed by atoms with E-state index in [9.17, 15) is 4.79 Å². The van der Waals surface area contributed by atoms with Gasteiger partial charge in [-0.25, -0.2) is 0 Å². The molecule has 3 nitrogen and oxygen atoms in total. The summed E-state index contributed by atoms with van der Waals surface area (Å²) in [6.07, 6.45) is 3.82. The molecule has 0 bridgehead atoms. The summed E-state index contributed by atoms with van der Waals surface area (Å²) in [6.45, 7) is 0. The van der Waals surface area contributed by atoms with E-state index in [1.54, 1.807) is 31.4 Å². The maximum absolute atomic E-state index is 12.3. The lowest BCUT2D eigenvalue weighted by Gasteiger charge is -2.17. The molecular weight excluding hydrogens is 342 g/mol. The lowest BCUT2D eigenvalue weighted by molar-refractivity contribution is 0.0965. The molecule has 3 rings (SSSR count). The largest absolute Gasteiger partial charge is 0.497 e. The second-order valence-corrected chi connectivity index (χ2v) is 6.11. The van der Waals surface area contributed by atoms with Gasteiger partial charge in [-0.05, 0) is 66.4 Å². The maximum atomic E-state index is 12.3. The number of rotatable bonds is 3. The Kier molecular flexibility index (Phi) is 4.29. The first-order valence-corrected chi connectivity index (χ1v) is 7.89. The van der Waals surface area contributed by atoms with E-state index in [1.807, 2.05) is 12.1 Å². The Morgan fingerprint density at radius 3 is 2.64 bits per heavy atom. The van der Waals surface area contributed by atoms with Crippen molar-refractivity contribution in [2.75, 3.05) is 7.11 Å². The van der Waals surface area contributed by atoms with Crippen LogP contribution in [0.2, 0.25) is 0 Å². The summed E-state index contributed by atoms with van der Waals surface area (Å²) in [5.41, 5.74) is 4.05. The van der Waals surface area contributed by atoms with Gasteiger partial charge in [-0.3, -0.25) is 4.79 Å². The van der Waals surface area contributed by atoms with E-state index in [0.717, 1.165) is 28.8 Å². The van der Waals surface area contributed by atoms with Crippen LogP contribution in [0.1, 0.15) is 27.9 Å². The summed E-state index contributed by atoms with van der Waals surface area (Å²) in [4.78, 5) is 12.3. The third-order valence-corrected chi connectivity index (χ3v) is 4.22. The first-order valence-electron chi connectivity index (χ1n) is 7.10. The number of nitrogens with one attached hydrogen (secondary N) is 1. The second kappa shape index (κ2) is 6.36. The molecule has 0 saturated carbocycles. The first-order chi connectivity index (χ1) is 10.7. The Morgan fingerprint density at radius 2 is 1.91 bits per heavy atom. The zero-order valence-corrected chi connectivity index (χ0v) is 13.8. The molecule has 0 fully saturated rings. The van der Waals surface area contributed by atoms with Gasteiger partial charge in [0.2, 0.25) is 0 Å². The fourth-order valence-corrected chi connectivity index (χ4v) is 2.93. The highest BCUT2D eigenvalue weighted by Crippen LogP contribution is 2.25. The molecule has 2 aromatic carbocycles. The highest BCUT2D eigenvalue weighted by molar-refractivity contribution is 9.10. The quantitative estimate of drug-likeness (QED) is 0.894. The summed E-state index contributed by atoms with van der Waals surface area (Å²) in [6, 6.07) is 13.3. The molecule has 1 aliphatic rings. The maximum Gasteiger partial charge on any atom is 0.255 e. The molecule has 0 saturated heterocycles. The number of allylic oxidation sites excluding steroid dienone is 1. The molecule has 1 N–H and O–H groups in total. The standard InChI is InChI=1S/C18H16BrNO2/c1-22-17-8-4-12(5-9-17)18(21)20-16-7-3-13-10-15(19)6-2-14(13)11-16/h2,4-6,8-11H,3,7H2,1H3,(H,20,21). The van der Waals surface area contributed by atoms with Crippen molar-refractivity contribution in [1.29, 1.82) is 0 Å². The van der Waals surface area contributed by atoms with E-state index in [2.05, 4.69) is 33.4 Å². The number of carbonyl (C=O) groups excluding carboxylic acids is 1. The molecule has 1 aliphatic carbocycles. The van der Waals surface area contributed by atoms with Gasteiger partial charge in [0, 0.05) is 15.7 Å². The molecule has 1 amide bonds. The monoisotopic (exact) mass is 357 g/mol. The highest BCUT2D eigenvalue weighted by atomic mass is 79.9. The molecular formula is C18H16BrNO2. The third-order valence-electron chi connectivity index (χ3n) is 3.72. The number of halogens is 1. The van der Waals surface area contributed by atoms with Gasteiger partial charge in [0.1, 0.15) is 5.75 Å². The summed E-state index contributed by atoms with van der Waals surface area (Å²) in [5, 5.41) is 3.00. The molecule has 0 aliphatic heterocycles. The Bertz CT molecular complexity index is 735. The highest BCUT2D eigenvalue weighted by Gasteiger charge is 2.13. The van der Waals surface area contributed by atoms with Crippen molar-refractivity contribution < 1.29 is 9.53 Å². The van der Waals surface area contributed by atoms with Crippen molar-refractivity contribution >= 4 is 27.9 Å². The second-order valence-electron chi connectivity index (χ2n) is 5.20. The molecule has 22 heavy (non-hydrogen) atoms. The van der Waals surface area contributed by atoms with E-state index in [0.29, 0.717) is 5.56 Å². The average Bonchev–Trinajstić information content (AvgIpc) is 2.55. The van der Waals surface area contributed by atoms with Gasteiger partial charge in [0.25, 0.3) is 5.91 Å². The Hall–Kier alpha value is -2.07. The van der Waals surface area contributed by atoms with Gasteiger partial charge < -0.3 is 10.1 Å². The average molecular weight is 358 g/mol. The smallest absolute Gasteiger partial charge is 0.255 e. The van der Waals surface area contributed by atoms with Crippen molar-refractivity contribution in [1.82, 2.24) is 5.32 Å². The number of hydrogen-bond donors (Lipinski definition) is 1. The number of ether oxygens (including phenoxy) is 1. The number of benzene rings is 2. The Labute approximate surface area is 138 Å². The van der Waals surface area contributed by atoms with Gasteiger partial charge in [-0.2, -0.15) is 0 Å². The van der Waals surface area contributed by atoms with E-state index in [4.69, 9.17) is 4.74 Å². The molecule has 4 heteroatoms. The van der Waals surface area contributed by atoms with E-state index in [-0.39, 0.29) is 5.91 Å². The van der Waals surface area contributed by atoms with E-state index < -0.39 is 0 Å². The van der Waals surface area contributed by atoms with Gasteiger partial charge in [-0.1, -0.05) is 22.0 Å². The van der Waals surface area contributed by atoms with Crippen LogP contribution in [-0.4, -0.2) is 13.0 Å². The summed E-state index contributed by atoms with van der Waals surface area (Å²) in [5.74, 6) is 0.655. The van der Waals surface area contributed by atoms with Crippen LogP contribution in [0.4, 0.5) is 0 Å². The molecule has 0 atom stereocenters. The normalized spacial score (nSPS) is 13.1. The van der Waals surface area contributed by atoms with Crippen LogP contribution < -0.4 is 10.1 Å². The van der Waals surface area contributed by atoms with Crippen LogP contribution in [-0.2, 0) is 6.42 Å². The number of aryl methyl sites for hydroxylation is 1. The molecule has 112 valence electrons. The van der Waals surface area contributed by atoms with Gasteiger partial charge in [0.15, 0.2) is 0 Å². The minimum absolute atomic E-state index is 0.0885. The molecule has 0 unspecified atom stereocenters. The minimum Gasteiger partial charge on any atom is -0.497 e. The minimum atomic E-state index is -0.0885. The molecule has 0 radical (unpaired) electrons. The number of methoxy groups -OCH3 is 1. The van der Waals surface area contributed by atoms with Crippen LogP contribution in [0, 0.1) is 0 Å². The Morgan fingerprint density at radius 1 is 1.14 bits per heavy atom. The van der Waals surface area contributed by atoms with Crippen LogP contribution in [0.15, 0.2) is 52.6 Å². The number of amides is 1. The number of fused-ring (bicyclic) bond motifs is 1. The topological polar surface area (TPSA) is 38.3 Å². The fourth-order valence-electron chi connectivity index (χ4n) is 2.52. The first kappa shape index (κ1) is 14.9. The SMILES string of the molecule is COc1ccc(C(=O)NC2=Cc3ccc(Br)cc3CC2)cc1. The van der Waals surface area contributed by atoms with Crippen molar-refractivity contribution in [3.8, 4) is 5.75 Å². The molecule has 2 aromatic rings. The lowest BCUT2D eigenvalue weighted by Crippen LogP contribution is -2.24. The lowest BCUT2D eigenvalue weighted by atomic mass is 9.95. The van der Waals surface area contributed by atoms with E-state index in [1.165, 1.54) is 11.1 Å². The van der Waals surface area contributed by atoms with E-state index >= 15 is 0 Å². The van der Waals surface area contributed by atoms with Crippen LogP contribution >= 0.6 is 15.9 Å². The van der Waals surface area contributed by atoms with Crippen molar-refractivity contribution in [3.63, 3.8) is 0 Å². The van der Waals surface area contributed by atoms with Crippen LogP contribution in [0.3, 0.4) is 0 Å². The predicted octanol–water partition coefficient (Wildman–Crippen LogP) is 4.17. The van der Waals surface area contributed by atoms with Gasteiger partial charge >= 0.3 is 0 Å². The van der Waals surface area contributed by atoms with Gasteiger partial charge in [-0.15, -0.1) is 0 Å². The van der Waals surface area contributed by atoms with Gasteiger partial charge in [0.05, 0.1) is 7.11 Å². The van der Waals surface area contributed by atoms with Crippen LogP contribution in [0.25, 0.3) is 6.08 Å². The van der Waals surface area contributed by atoms with Crippen LogP contribution in [0.5, 0.6) is 5.75 Å².